The summed E-state index contributed by atoms with van der Waals surface area (Å²) < 4.78 is 14.5. The molecule has 0 aliphatic carbocycles. The van der Waals surface area contributed by atoms with E-state index in [2.05, 4.69) is 0 Å². The first kappa shape index (κ1) is 13.3. The minimum Gasteiger partial charge on any atom is -0.365 e. The van der Waals surface area contributed by atoms with Crippen LogP contribution in [0.2, 0.25) is 0 Å². The molecular weight excluding hydrogens is 241 g/mol. The van der Waals surface area contributed by atoms with E-state index >= 15 is 0 Å². The van der Waals surface area contributed by atoms with Crippen LogP contribution in [0.5, 0.6) is 0 Å². The van der Waals surface area contributed by atoms with Crippen molar-refractivity contribution in [1.82, 2.24) is 0 Å². The fraction of sp³-hybridized carbons (Fsp3) is 0.188. The summed E-state index contributed by atoms with van der Waals surface area (Å²) in [7, 11) is 0. The smallest absolute Gasteiger partial charge is 0.251 e. The molecule has 3 heteroatoms. The Morgan fingerprint density at radius 3 is 2.11 bits per heavy atom. The third-order valence-electron chi connectivity index (χ3n) is 3.35. The van der Waals surface area contributed by atoms with Gasteiger partial charge in [0, 0.05) is 5.56 Å². The lowest BCUT2D eigenvalue weighted by atomic mass is 9.92. The van der Waals surface area contributed by atoms with Gasteiger partial charge in [-0.05, 0) is 43.0 Å². The van der Waals surface area contributed by atoms with Crippen LogP contribution < -0.4 is 5.73 Å². The molecule has 0 aliphatic rings. The Bertz CT molecular complexity index is 642. The average Bonchev–Trinajstić information content (AvgIpc) is 2.31. The normalized spacial score (nSPS) is 10.5. The van der Waals surface area contributed by atoms with Crippen LogP contribution in [0.4, 0.5) is 4.39 Å². The number of carbonyl (C=O) groups is 1. The SMILES string of the molecule is Cc1ccc(-c2c(C)cccc2C)c(F)c1C(N)=O. The molecular formula is C16H16FNO. The van der Waals surface area contributed by atoms with Gasteiger partial charge < -0.3 is 5.73 Å². The van der Waals surface area contributed by atoms with Gasteiger partial charge in [-0.1, -0.05) is 30.3 Å². The van der Waals surface area contributed by atoms with Gasteiger partial charge in [0.25, 0.3) is 5.91 Å². The van der Waals surface area contributed by atoms with E-state index in [1.807, 2.05) is 32.0 Å². The Kier molecular flexibility index (Phi) is 3.38. The standard InChI is InChI=1S/C16H16FNO/c1-9-5-4-6-10(2)13(9)12-8-7-11(3)14(15(12)17)16(18)19/h4-8H,1-3H3,(H2,18,19). The maximum atomic E-state index is 14.5. The minimum atomic E-state index is -0.733. The molecule has 0 heterocycles. The van der Waals surface area contributed by atoms with Crippen LogP contribution in [0, 0.1) is 26.6 Å². The number of primary amides is 1. The fourth-order valence-corrected chi connectivity index (χ4v) is 2.41. The lowest BCUT2D eigenvalue weighted by Gasteiger charge is -2.13. The van der Waals surface area contributed by atoms with E-state index in [0.717, 1.165) is 16.7 Å². The molecule has 0 atom stereocenters. The van der Waals surface area contributed by atoms with E-state index in [4.69, 9.17) is 5.73 Å². The topological polar surface area (TPSA) is 43.1 Å². The summed E-state index contributed by atoms with van der Waals surface area (Å²) in [6, 6.07) is 9.20. The van der Waals surface area contributed by atoms with Gasteiger partial charge in [-0.3, -0.25) is 4.79 Å². The molecule has 0 saturated heterocycles. The Morgan fingerprint density at radius 2 is 1.58 bits per heavy atom. The Morgan fingerprint density at radius 1 is 1.00 bits per heavy atom. The molecule has 2 aromatic rings. The largest absolute Gasteiger partial charge is 0.365 e. The summed E-state index contributed by atoms with van der Waals surface area (Å²) in [4.78, 5) is 11.4. The van der Waals surface area contributed by atoms with Crippen LogP contribution in [0.1, 0.15) is 27.0 Å². The number of carbonyl (C=O) groups excluding carboxylic acids is 1. The van der Waals surface area contributed by atoms with Crippen molar-refractivity contribution in [2.75, 3.05) is 0 Å². The van der Waals surface area contributed by atoms with E-state index in [-0.39, 0.29) is 5.56 Å². The number of halogens is 1. The molecule has 0 radical (unpaired) electrons. The van der Waals surface area contributed by atoms with Crippen molar-refractivity contribution in [2.24, 2.45) is 5.73 Å². The predicted molar refractivity (Wildman–Crippen MR) is 74.6 cm³/mol. The summed E-state index contributed by atoms with van der Waals surface area (Å²) in [6.07, 6.45) is 0. The first-order chi connectivity index (χ1) is 8.93. The quantitative estimate of drug-likeness (QED) is 0.878. The fourth-order valence-electron chi connectivity index (χ4n) is 2.41. The first-order valence-corrected chi connectivity index (χ1v) is 6.09. The van der Waals surface area contributed by atoms with Crippen LogP contribution in [0.3, 0.4) is 0 Å². The maximum Gasteiger partial charge on any atom is 0.251 e. The van der Waals surface area contributed by atoms with Gasteiger partial charge in [-0.2, -0.15) is 0 Å². The van der Waals surface area contributed by atoms with E-state index in [1.54, 1.807) is 19.1 Å². The molecule has 2 N–H and O–H groups in total. The molecule has 0 bridgehead atoms. The molecule has 0 spiro atoms. The predicted octanol–water partition coefficient (Wildman–Crippen LogP) is 3.52. The number of rotatable bonds is 2. The number of aryl methyl sites for hydroxylation is 3. The first-order valence-electron chi connectivity index (χ1n) is 6.09. The Hall–Kier alpha value is -2.16. The highest BCUT2D eigenvalue weighted by Gasteiger charge is 2.18. The summed E-state index contributed by atoms with van der Waals surface area (Å²) in [5.41, 5.74) is 8.98. The molecule has 98 valence electrons. The third-order valence-corrected chi connectivity index (χ3v) is 3.35. The van der Waals surface area contributed by atoms with Gasteiger partial charge in [0.1, 0.15) is 5.82 Å². The van der Waals surface area contributed by atoms with Gasteiger partial charge in [0.2, 0.25) is 0 Å². The molecule has 0 aromatic heterocycles. The molecule has 0 unspecified atom stereocenters. The summed E-state index contributed by atoms with van der Waals surface area (Å²) in [5, 5.41) is 0. The number of amides is 1. The lowest BCUT2D eigenvalue weighted by molar-refractivity contribution is 0.0996. The van der Waals surface area contributed by atoms with Crippen molar-refractivity contribution in [3.63, 3.8) is 0 Å². The Balaban J connectivity index is 2.78. The van der Waals surface area contributed by atoms with Gasteiger partial charge in [-0.25, -0.2) is 4.39 Å². The molecule has 1 amide bonds. The van der Waals surface area contributed by atoms with Crippen molar-refractivity contribution in [2.45, 2.75) is 20.8 Å². The molecule has 2 rings (SSSR count). The molecule has 0 fully saturated rings. The van der Waals surface area contributed by atoms with Gasteiger partial charge in [0.15, 0.2) is 0 Å². The molecule has 0 saturated carbocycles. The zero-order valence-corrected chi connectivity index (χ0v) is 11.3. The highest BCUT2D eigenvalue weighted by molar-refractivity contribution is 5.96. The van der Waals surface area contributed by atoms with Crippen LogP contribution in [-0.2, 0) is 0 Å². The molecule has 0 aliphatic heterocycles. The van der Waals surface area contributed by atoms with Crippen LogP contribution >= 0.6 is 0 Å². The zero-order valence-electron chi connectivity index (χ0n) is 11.3. The third kappa shape index (κ3) is 2.24. The maximum absolute atomic E-state index is 14.5. The average molecular weight is 257 g/mol. The van der Waals surface area contributed by atoms with Crippen molar-refractivity contribution >= 4 is 5.91 Å². The second-order valence-electron chi connectivity index (χ2n) is 4.75. The number of nitrogens with two attached hydrogens (primary N) is 1. The summed E-state index contributed by atoms with van der Waals surface area (Å²) in [6.45, 7) is 5.52. The van der Waals surface area contributed by atoms with Crippen LogP contribution in [-0.4, -0.2) is 5.91 Å². The number of benzene rings is 2. The molecule has 2 nitrogen and oxygen atoms in total. The van der Waals surface area contributed by atoms with Crippen molar-refractivity contribution in [3.05, 3.63) is 58.4 Å². The van der Waals surface area contributed by atoms with Crippen molar-refractivity contribution in [3.8, 4) is 11.1 Å². The van der Waals surface area contributed by atoms with Crippen molar-refractivity contribution < 1.29 is 9.18 Å². The van der Waals surface area contributed by atoms with Crippen molar-refractivity contribution in [1.29, 1.82) is 0 Å². The molecule has 19 heavy (non-hydrogen) atoms. The summed E-state index contributed by atoms with van der Waals surface area (Å²) >= 11 is 0. The van der Waals surface area contributed by atoms with E-state index in [0.29, 0.717) is 11.1 Å². The highest BCUT2D eigenvalue weighted by Crippen LogP contribution is 2.31. The van der Waals surface area contributed by atoms with Gasteiger partial charge in [-0.15, -0.1) is 0 Å². The van der Waals surface area contributed by atoms with E-state index < -0.39 is 11.7 Å². The van der Waals surface area contributed by atoms with E-state index in [1.165, 1.54) is 0 Å². The zero-order chi connectivity index (χ0) is 14.2. The highest BCUT2D eigenvalue weighted by atomic mass is 19.1. The van der Waals surface area contributed by atoms with Gasteiger partial charge in [0.05, 0.1) is 5.56 Å². The minimum absolute atomic E-state index is 0.0276. The molecule has 2 aromatic carbocycles. The number of hydrogen-bond acceptors (Lipinski definition) is 1. The second-order valence-corrected chi connectivity index (χ2v) is 4.75. The lowest BCUT2D eigenvalue weighted by Crippen LogP contribution is -2.15. The van der Waals surface area contributed by atoms with Gasteiger partial charge >= 0.3 is 0 Å². The van der Waals surface area contributed by atoms with Crippen LogP contribution in [0.25, 0.3) is 11.1 Å². The van der Waals surface area contributed by atoms with Crippen LogP contribution in [0.15, 0.2) is 30.3 Å². The second kappa shape index (κ2) is 4.84. The van der Waals surface area contributed by atoms with E-state index in [9.17, 15) is 9.18 Å². The Labute approximate surface area is 112 Å². The monoisotopic (exact) mass is 257 g/mol. The summed E-state index contributed by atoms with van der Waals surface area (Å²) in [5.74, 6) is -1.27. The number of hydrogen-bond donors (Lipinski definition) is 1.